The molecule has 0 atom stereocenters. The van der Waals surface area contributed by atoms with Gasteiger partial charge < -0.3 is 5.32 Å². The van der Waals surface area contributed by atoms with Crippen molar-refractivity contribution in [1.82, 2.24) is 15.2 Å². The summed E-state index contributed by atoms with van der Waals surface area (Å²) in [6.45, 7) is 3.34. The number of thiazole rings is 1. The molecule has 1 aromatic rings. The van der Waals surface area contributed by atoms with Crippen LogP contribution in [0.4, 0.5) is 0 Å². The van der Waals surface area contributed by atoms with Gasteiger partial charge in [0.25, 0.3) is 0 Å². The molecular weight excluding hydrogens is 282 g/mol. The number of carbonyl (C=O) groups excluding carboxylic acids is 1. The lowest BCUT2D eigenvalue weighted by atomic mass is 9.95. The normalized spacial score (nSPS) is 20.8. The van der Waals surface area contributed by atoms with Crippen LogP contribution in [-0.2, 0) is 17.8 Å². The number of hydrogen-bond donors (Lipinski definition) is 1. The summed E-state index contributed by atoms with van der Waals surface area (Å²) in [6.07, 6.45) is 9.16. The second-order valence-electron chi connectivity index (χ2n) is 6.30. The second kappa shape index (κ2) is 7.36. The third-order valence-electron chi connectivity index (χ3n) is 4.47. The molecule has 1 saturated heterocycles. The minimum absolute atomic E-state index is 0.139. The molecule has 2 fully saturated rings. The molecule has 1 aliphatic heterocycles. The Bertz CT molecular complexity index is 462. The minimum Gasteiger partial charge on any atom is -0.353 e. The summed E-state index contributed by atoms with van der Waals surface area (Å²) in [6, 6.07) is 0.397. The Morgan fingerprint density at radius 3 is 2.76 bits per heavy atom. The summed E-state index contributed by atoms with van der Waals surface area (Å²) in [5.74, 6) is 0.139. The molecule has 1 N–H and O–H groups in total. The van der Waals surface area contributed by atoms with Gasteiger partial charge in [0.2, 0.25) is 5.91 Å². The van der Waals surface area contributed by atoms with Crippen molar-refractivity contribution >= 4 is 17.2 Å². The van der Waals surface area contributed by atoms with Crippen LogP contribution in [0, 0.1) is 0 Å². The van der Waals surface area contributed by atoms with Crippen molar-refractivity contribution in [2.75, 3.05) is 13.1 Å². The van der Waals surface area contributed by atoms with Crippen molar-refractivity contribution < 1.29 is 4.79 Å². The van der Waals surface area contributed by atoms with Crippen LogP contribution >= 0.6 is 11.3 Å². The first-order chi connectivity index (χ1) is 10.3. The van der Waals surface area contributed by atoms with E-state index in [0.717, 1.165) is 30.1 Å². The maximum atomic E-state index is 12.1. The Morgan fingerprint density at radius 1 is 1.24 bits per heavy atom. The molecule has 3 rings (SSSR count). The maximum Gasteiger partial charge on any atom is 0.226 e. The number of amides is 1. The van der Waals surface area contributed by atoms with Gasteiger partial charge >= 0.3 is 0 Å². The van der Waals surface area contributed by atoms with Crippen molar-refractivity contribution in [3.63, 3.8) is 0 Å². The van der Waals surface area contributed by atoms with Crippen molar-refractivity contribution in [2.24, 2.45) is 0 Å². The Kier molecular flexibility index (Phi) is 5.25. The average molecular weight is 307 g/mol. The van der Waals surface area contributed by atoms with Gasteiger partial charge in [-0.05, 0) is 38.8 Å². The lowest BCUT2D eigenvalue weighted by Gasteiger charge is -2.22. The highest BCUT2D eigenvalue weighted by Crippen LogP contribution is 2.18. The van der Waals surface area contributed by atoms with Crippen LogP contribution in [0.15, 0.2) is 5.38 Å². The lowest BCUT2D eigenvalue weighted by Crippen LogP contribution is -2.37. The van der Waals surface area contributed by atoms with Gasteiger partial charge in [0.05, 0.1) is 18.7 Å². The van der Waals surface area contributed by atoms with Crippen molar-refractivity contribution in [3.05, 3.63) is 16.1 Å². The quantitative estimate of drug-likeness (QED) is 0.910. The summed E-state index contributed by atoms with van der Waals surface area (Å²) >= 11 is 1.69. The molecule has 2 aliphatic rings. The van der Waals surface area contributed by atoms with E-state index in [0.29, 0.717) is 12.5 Å². The molecule has 2 heterocycles. The zero-order valence-corrected chi connectivity index (χ0v) is 13.5. The molecule has 0 bridgehead atoms. The van der Waals surface area contributed by atoms with Gasteiger partial charge in [0.1, 0.15) is 5.01 Å². The zero-order chi connectivity index (χ0) is 14.5. The number of hydrogen-bond acceptors (Lipinski definition) is 4. The molecule has 21 heavy (non-hydrogen) atoms. The third kappa shape index (κ3) is 4.51. The van der Waals surface area contributed by atoms with Crippen LogP contribution in [-0.4, -0.2) is 34.9 Å². The summed E-state index contributed by atoms with van der Waals surface area (Å²) in [7, 11) is 0. The van der Waals surface area contributed by atoms with E-state index in [-0.39, 0.29) is 5.91 Å². The molecule has 0 spiro atoms. The molecule has 116 valence electrons. The number of likely N-dealkylation sites (tertiary alicyclic amines) is 1. The monoisotopic (exact) mass is 307 g/mol. The van der Waals surface area contributed by atoms with E-state index in [1.807, 2.05) is 5.38 Å². The standard InChI is InChI=1S/C16H25N3OS/c20-15(17-13-6-2-1-3-7-13)10-14-12-21-16(18-14)11-19-8-4-5-9-19/h12-13H,1-11H2,(H,17,20). The summed E-state index contributed by atoms with van der Waals surface area (Å²) in [5.41, 5.74) is 0.933. The average Bonchev–Trinajstić information content (AvgIpc) is 3.13. The fourth-order valence-electron chi connectivity index (χ4n) is 3.32. The SMILES string of the molecule is O=C(Cc1csc(CN2CCCC2)n1)NC1CCCCC1. The predicted molar refractivity (Wildman–Crippen MR) is 85.3 cm³/mol. The first-order valence-electron chi connectivity index (χ1n) is 8.24. The van der Waals surface area contributed by atoms with Gasteiger partial charge in [-0.15, -0.1) is 11.3 Å². The Morgan fingerprint density at radius 2 is 2.00 bits per heavy atom. The molecule has 4 nitrogen and oxygen atoms in total. The molecule has 1 amide bonds. The number of nitrogens with zero attached hydrogens (tertiary/aromatic N) is 2. The maximum absolute atomic E-state index is 12.1. The number of carbonyl (C=O) groups is 1. The summed E-state index contributed by atoms with van der Waals surface area (Å²) < 4.78 is 0. The topological polar surface area (TPSA) is 45.2 Å². The molecule has 1 saturated carbocycles. The van der Waals surface area contributed by atoms with Crippen LogP contribution in [0.2, 0.25) is 0 Å². The van der Waals surface area contributed by atoms with Crippen LogP contribution in [0.25, 0.3) is 0 Å². The van der Waals surface area contributed by atoms with E-state index < -0.39 is 0 Å². The highest BCUT2D eigenvalue weighted by molar-refractivity contribution is 7.09. The number of nitrogens with one attached hydrogen (secondary N) is 1. The molecule has 1 aromatic heterocycles. The Hall–Kier alpha value is -0.940. The number of rotatable bonds is 5. The third-order valence-corrected chi connectivity index (χ3v) is 5.35. The van der Waals surface area contributed by atoms with E-state index in [4.69, 9.17) is 0 Å². The fraction of sp³-hybridized carbons (Fsp3) is 0.750. The van der Waals surface area contributed by atoms with Crippen molar-refractivity contribution in [1.29, 1.82) is 0 Å². The van der Waals surface area contributed by atoms with E-state index in [2.05, 4.69) is 15.2 Å². The highest BCUT2D eigenvalue weighted by Gasteiger charge is 2.17. The van der Waals surface area contributed by atoms with Gasteiger partial charge in [-0.2, -0.15) is 0 Å². The van der Waals surface area contributed by atoms with Crippen LogP contribution in [0.5, 0.6) is 0 Å². The first-order valence-corrected chi connectivity index (χ1v) is 9.12. The number of aromatic nitrogens is 1. The largest absolute Gasteiger partial charge is 0.353 e. The van der Waals surface area contributed by atoms with E-state index in [1.54, 1.807) is 11.3 Å². The van der Waals surface area contributed by atoms with Crippen LogP contribution < -0.4 is 5.32 Å². The second-order valence-corrected chi connectivity index (χ2v) is 7.24. The Balaban J connectivity index is 1.45. The minimum atomic E-state index is 0.139. The summed E-state index contributed by atoms with van der Waals surface area (Å²) in [5, 5.41) is 6.36. The molecular formula is C16H25N3OS. The van der Waals surface area contributed by atoms with Gasteiger partial charge in [0, 0.05) is 11.4 Å². The van der Waals surface area contributed by atoms with Crippen LogP contribution in [0.1, 0.15) is 55.6 Å². The lowest BCUT2D eigenvalue weighted by molar-refractivity contribution is -0.121. The molecule has 0 radical (unpaired) electrons. The van der Waals surface area contributed by atoms with Gasteiger partial charge in [0.15, 0.2) is 0 Å². The van der Waals surface area contributed by atoms with Gasteiger partial charge in [-0.3, -0.25) is 9.69 Å². The van der Waals surface area contributed by atoms with Crippen molar-refractivity contribution in [2.45, 2.75) is 64.0 Å². The van der Waals surface area contributed by atoms with E-state index >= 15 is 0 Å². The molecule has 1 aliphatic carbocycles. The van der Waals surface area contributed by atoms with Gasteiger partial charge in [-0.25, -0.2) is 4.98 Å². The smallest absolute Gasteiger partial charge is 0.226 e. The highest BCUT2D eigenvalue weighted by atomic mass is 32.1. The fourth-order valence-corrected chi connectivity index (χ4v) is 4.16. The Labute approximate surface area is 130 Å². The molecule has 0 unspecified atom stereocenters. The van der Waals surface area contributed by atoms with Gasteiger partial charge in [-0.1, -0.05) is 19.3 Å². The summed E-state index contributed by atoms with van der Waals surface area (Å²) in [4.78, 5) is 19.1. The first kappa shape index (κ1) is 15.0. The molecule has 5 heteroatoms. The van der Waals surface area contributed by atoms with E-state index in [9.17, 15) is 4.79 Å². The predicted octanol–water partition coefficient (Wildman–Crippen LogP) is 2.73. The van der Waals surface area contributed by atoms with E-state index in [1.165, 1.54) is 45.2 Å². The molecule has 0 aromatic carbocycles. The van der Waals surface area contributed by atoms with Crippen LogP contribution in [0.3, 0.4) is 0 Å². The zero-order valence-electron chi connectivity index (χ0n) is 12.6. The van der Waals surface area contributed by atoms with Crippen molar-refractivity contribution in [3.8, 4) is 0 Å².